The first-order valence-corrected chi connectivity index (χ1v) is 8.04. The van der Waals surface area contributed by atoms with Crippen LogP contribution in [0.25, 0.3) is 0 Å². The molecule has 0 bridgehead atoms. The zero-order chi connectivity index (χ0) is 16.7. The molecule has 7 heteroatoms. The fraction of sp³-hybridized carbons (Fsp3) is 0.312. The number of nitrogens with one attached hydrogen (secondary N) is 1. The molecule has 0 aliphatic rings. The van der Waals surface area contributed by atoms with Crippen LogP contribution < -0.4 is 10.1 Å². The Hall–Kier alpha value is -2.41. The van der Waals surface area contributed by atoms with Crippen LogP contribution in [0.3, 0.4) is 0 Å². The molecular weight excluding hydrogens is 316 g/mol. The highest BCUT2D eigenvalue weighted by Gasteiger charge is 2.20. The van der Waals surface area contributed by atoms with E-state index in [0.29, 0.717) is 23.0 Å². The van der Waals surface area contributed by atoms with Gasteiger partial charge >= 0.3 is 5.97 Å². The van der Waals surface area contributed by atoms with E-state index in [-0.39, 0.29) is 18.3 Å². The molecule has 1 aromatic carbocycles. The highest BCUT2D eigenvalue weighted by atomic mass is 32.1. The predicted octanol–water partition coefficient (Wildman–Crippen LogP) is 2.65. The third-order valence-corrected chi connectivity index (χ3v) is 3.83. The molecule has 1 amide bonds. The minimum atomic E-state index is -0.606. The Morgan fingerprint density at radius 3 is 2.70 bits per heavy atom. The van der Waals surface area contributed by atoms with Crippen LogP contribution in [-0.2, 0) is 20.7 Å². The maximum atomic E-state index is 12.3. The van der Waals surface area contributed by atoms with Gasteiger partial charge in [-0.25, -0.2) is 4.98 Å². The maximum absolute atomic E-state index is 12.3. The molecule has 1 N–H and O–H groups in total. The van der Waals surface area contributed by atoms with Crippen molar-refractivity contribution < 1.29 is 19.1 Å². The van der Waals surface area contributed by atoms with Crippen LogP contribution in [0.2, 0.25) is 0 Å². The Morgan fingerprint density at radius 2 is 2.04 bits per heavy atom. The number of nitrogens with zero attached hydrogens (tertiary/aromatic N) is 1. The minimum Gasteiger partial charge on any atom is -0.481 e. The van der Waals surface area contributed by atoms with Gasteiger partial charge in [0.2, 0.25) is 0 Å². The lowest BCUT2D eigenvalue weighted by Gasteiger charge is -2.16. The summed E-state index contributed by atoms with van der Waals surface area (Å²) in [5, 5.41) is 4.86. The number of benzene rings is 1. The quantitative estimate of drug-likeness (QED) is 0.788. The number of ether oxygens (including phenoxy) is 2. The van der Waals surface area contributed by atoms with Crippen LogP contribution in [0, 0.1) is 0 Å². The molecule has 1 heterocycles. The topological polar surface area (TPSA) is 77.5 Å². The Labute approximate surface area is 138 Å². The average molecular weight is 334 g/mol. The number of aromatic nitrogens is 1. The van der Waals surface area contributed by atoms with Gasteiger partial charge in [0.1, 0.15) is 5.75 Å². The molecule has 0 aliphatic carbocycles. The number of methoxy groups -OCH3 is 1. The third kappa shape index (κ3) is 5.07. The second-order valence-corrected chi connectivity index (χ2v) is 5.57. The molecule has 0 spiro atoms. The van der Waals surface area contributed by atoms with E-state index >= 15 is 0 Å². The van der Waals surface area contributed by atoms with Crippen LogP contribution in [0.1, 0.15) is 19.0 Å². The van der Waals surface area contributed by atoms with E-state index in [2.05, 4.69) is 15.0 Å². The molecule has 0 fully saturated rings. The van der Waals surface area contributed by atoms with E-state index in [1.807, 2.05) is 25.1 Å². The second-order valence-electron chi connectivity index (χ2n) is 4.71. The van der Waals surface area contributed by atoms with Gasteiger partial charge in [0.25, 0.3) is 5.91 Å². The molecule has 23 heavy (non-hydrogen) atoms. The van der Waals surface area contributed by atoms with Crippen LogP contribution >= 0.6 is 11.3 Å². The first-order valence-electron chi connectivity index (χ1n) is 7.16. The van der Waals surface area contributed by atoms with Crippen LogP contribution in [-0.4, -0.2) is 30.1 Å². The van der Waals surface area contributed by atoms with Gasteiger partial charge in [-0.05, 0) is 18.6 Å². The molecular formula is C16H18N2O4S. The van der Waals surface area contributed by atoms with Crippen molar-refractivity contribution in [1.82, 2.24) is 4.98 Å². The summed E-state index contributed by atoms with van der Waals surface area (Å²) >= 11 is 1.26. The number of rotatable bonds is 7. The summed E-state index contributed by atoms with van der Waals surface area (Å²) in [5.74, 6) is 0.00219. The summed E-state index contributed by atoms with van der Waals surface area (Å²) < 4.78 is 10.3. The Morgan fingerprint density at radius 1 is 1.30 bits per heavy atom. The van der Waals surface area contributed by atoms with Crippen molar-refractivity contribution in [2.45, 2.75) is 25.9 Å². The molecule has 2 rings (SSSR count). The van der Waals surface area contributed by atoms with Gasteiger partial charge in [-0.3, -0.25) is 14.9 Å². The highest BCUT2D eigenvalue weighted by Crippen LogP contribution is 2.18. The van der Waals surface area contributed by atoms with Crippen molar-refractivity contribution in [2.75, 3.05) is 12.4 Å². The number of anilines is 1. The molecule has 0 unspecified atom stereocenters. The Kier molecular flexibility index (Phi) is 6.10. The van der Waals surface area contributed by atoms with E-state index in [4.69, 9.17) is 4.74 Å². The lowest BCUT2D eigenvalue weighted by atomic mass is 10.2. The normalized spacial score (nSPS) is 11.6. The first-order chi connectivity index (χ1) is 11.1. The standard InChI is InChI=1S/C16H18N2O4S/c1-3-13(22-12-7-5-4-6-8-12)15(20)18-16-17-11(10-23-16)9-14(19)21-2/h4-8,10,13H,3,9H2,1-2H3,(H,17,18,20)/t13-/m0/s1. The number of hydrogen-bond acceptors (Lipinski definition) is 6. The zero-order valence-corrected chi connectivity index (χ0v) is 13.8. The van der Waals surface area contributed by atoms with E-state index in [0.717, 1.165) is 0 Å². The molecule has 2 aromatic rings. The largest absolute Gasteiger partial charge is 0.481 e. The first kappa shape index (κ1) is 17.0. The van der Waals surface area contributed by atoms with Crippen LogP contribution in [0.4, 0.5) is 5.13 Å². The molecule has 1 aromatic heterocycles. The number of carbonyl (C=O) groups excluding carboxylic acids is 2. The van der Waals surface area contributed by atoms with E-state index < -0.39 is 6.10 Å². The lowest BCUT2D eigenvalue weighted by Crippen LogP contribution is -2.32. The molecule has 0 saturated carbocycles. The smallest absolute Gasteiger partial charge is 0.311 e. The molecule has 1 atom stereocenters. The van der Waals surface area contributed by atoms with Gasteiger partial charge in [-0.2, -0.15) is 0 Å². The van der Waals surface area contributed by atoms with Crippen LogP contribution in [0.5, 0.6) is 5.75 Å². The summed E-state index contributed by atoms with van der Waals surface area (Å²) in [6.07, 6.45) is 0.00666. The van der Waals surface area contributed by atoms with Gasteiger partial charge in [0.15, 0.2) is 11.2 Å². The van der Waals surface area contributed by atoms with E-state index in [1.54, 1.807) is 17.5 Å². The number of carbonyl (C=O) groups is 2. The third-order valence-electron chi connectivity index (χ3n) is 3.02. The number of esters is 1. The predicted molar refractivity (Wildman–Crippen MR) is 87.6 cm³/mol. The van der Waals surface area contributed by atoms with Gasteiger partial charge in [-0.1, -0.05) is 25.1 Å². The summed E-state index contributed by atoms with van der Waals surface area (Å²) in [6.45, 7) is 1.87. The fourth-order valence-corrected chi connectivity index (χ4v) is 2.55. The second kappa shape index (κ2) is 8.28. The van der Waals surface area contributed by atoms with Crippen molar-refractivity contribution in [2.24, 2.45) is 0 Å². The van der Waals surface area contributed by atoms with Crippen molar-refractivity contribution >= 4 is 28.3 Å². The molecule has 0 saturated heterocycles. The fourth-order valence-electron chi connectivity index (χ4n) is 1.84. The number of hydrogen-bond donors (Lipinski definition) is 1. The molecule has 0 aliphatic heterocycles. The summed E-state index contributed by atoms with van der Waals surface area (Å²) in [6, 6.07) is 9.17. The summed E-state index contributed by atoms with van der Waals surface area (Å²) in [5.41, 5.74) is 0.564. The Bertz CT molecular complexity index is 657. The maximum Gasteiger partial charge on any atom is 0.311 e. The number of thiazole rings is 1. The van der Waals surface area contributed by atoms with Gasteiger partial charge in [-0.15, -0.1) is 11.3 Å². The zero-order valence-electron chi connectivity index (χ0n) is 12.9. The van der Waals surface area contributed by atoms with Gasteiger partial charge < -0.3 is 9.47 Å². The van der Waals surface area contributed by atoms with Crippen molar-refractivity contribution in [1.29, 1.82) is 0 Å². The number of para-hydroxylation sites is 1. The SMILES string of the molecule is CC[C@H](Oc1ccccc1)C(=O)Nc1nc(CC(=O)OC)cs1. The van der Waals surface area contributed by atoms with Gasteiger partial charge in [0.05, 0.1) is 19.2 Å². The molecule has 6 nitrogen and oxygen atoms in total. The van der Waals surface area contributed by atoms with Crippen molar-refractivity contribution in [3.05, 3.63) is 41.4 Å². The van der Waals surface area contributed by atoms with Crippen molar-refractivity contribution in [3.63, 3.8) is 0 Å². The van der Waals surface area contributed by atoms with Gasteiger partial charge in [0, 0.05) is 5.38 Å². The van der Waals surface area contributed by atoms with E-state index in [9.17, 15) is 9.59 Å². The highest BCUT2D eigenvalue weighted by molar-refractivity contribution is 7.13. The molecule has 0 radical (unpaired) electrons. The average Bonchev–Trinajstić information content (AvgIpc) is 3.00. The lowest BCUT2D eigenvalue weighted by molar-refractivity contribution is -0.139. The summed E-state index contributed by atoms with van der Waals surface area (Å²) in [4.78, 5) is 27.7. The van der Waals surface area contributed by atoms with E-state index in [1.165, 1.54) is 18.4 Å². The Balaban J connectivity index is 1.95. The summed E-state index contributed by atoms with van der Waals surface area (Å²) in [7, 11) is 1.32. The van der Waals surface area contributed by atoms with Crippen LogP contribution in [0.15, 0.2) is 35.7 Å². The number of amides is 1. The minimum absolute atomic E-state index is 0.0839. The monoisotopic (exact) mass is 334 g/mol. The van der Waals surface area contributed by atoms with Crippen molar-refractivity contribution in [3.8, 4) is 5.75 Å². The molecule has 122 valence electrons.